The number of ether oxygens (including phenoxy) is 2. The number of carboxylic acid groups (broad SMARTS) is 4. The third-order valence-electron chi connectivity index (χ3n) is 3.06. The molecule has 0 aliphatic carbocycles. The average molecular weight is 440 g/mol. The van der Waals surface area contributed by atoms with E-state index < -0.39 is 50.1 Å². The fourth-order valence-corrected chi connectivity index (χ4v) is 1.96. The van der Waals surface area contributed by atoms with Gasteiger partial charge in [0.05, 0.1) is 52.6 Å². The van der Waals surface area contributed by atoms with Gasteiger partial charge in [0, 0.05) is 26.2 Å². The third kappa shape index (κ3) is 23.7. The number of rotatable bonds is 18. The zero-order chi connectivity index (χ0) is 23.4. The van der Waals surface area contributed by atoms with Crippen molar-refractivity contribution in [3.05, 3.63) is 0 Å². The predicted octanol–water partition coefficient (Wildman–Crippen LogP) is -3.13. The van der Waals surface area contributed by atoms with Crippen LogP contribution in [0.5, 0.6) is 0 Å². The van der Waals surface area contributed by atoms with E-state index in [4.69, 9.17) is 41.4 Å². The normalized spacial score (nSPS) is 10.5. The zero-order valence-corrected chi connectivity index (χ0v) is 16.8. The van der Waals surface area contributed by atoms with Gasteiger partial charge >= 0.3 is 23.9 Å². The molecule has 0 amide bonds. The van der Waals surface area contributed by atoms with E-state index in [-0.39, 0.29) is 13.1 Å². The summed E-state index contributed by atoms with van der Waals surface area (Å²) in [6.45, 7) is 1.31. The molecule has 0 radical (unpaired) electrons. The first-order valence-corrected chi connectivity index (χ1v) is 8.99. The third-order valence-corrected chi connectivity index (χ3v) is 3.06. The van der Waals surface area contributed by atoms with E-state index >= 15 is 0 Å². The quantitative estimate of drug-likeness (QED) is 0.116. The molecule has 0 fully saturated rings. The molecule has 0 rings (SSSR count). The molecule has 0 aliphatic heterocycles. The second-order valence-electron chi connectivity index (χ2n) is 5.80. The summed E-state index contributed by atoms with van der Waals surface area (Å²) in [6, 6.07) is 0. The summed E-state index contributed by atoms with van der Waals surface area (Å²) in [4.78, 5) is 44.4. The summed E-state index contributed by atoms with van der Waals surface area (Å²) in [6.07, 6.45) is 0. The molecule has 0 aromatic rings. The monoisotopic (exact) mass is 440 g/mol. The van der Waals surface area contributed by atoms with Crippen LogP contribution in [0.4, 0.5) is 0 Å². The highest BCUT2D eigenvalue weighted by atomic mass is 16.5. The maximum atomic E-state index is 10.6. The number of carbonyl (C=O) groups is 4. The highest BCUT2D eigenvalue weighted by Crippen LogP contribution is 1.94. The van der Waals surface area contributed by atoms with Crippen LogP contribution < -0.4 is 11.5 Å². The fourth-order valence-electron chi connectivity index (χ4n) is 1.96. The lowest BCUT2D eigenvalue weighted by molar-refractivity contribution is -0.145. The zero-order valence-electron chi connectivity index (χ0n) is 16.8. The van der Waals surface area contributed by atoms with Crippen LogP contribution in [-0.2, 0) is 28.7 Å². The van der Waals surface area contributed by atoms with Gasteiger partial charge < -0.3 is 41.4 Å². The van der Waals surface area contributed by atoms with Crippen molar-refractivity contribution in [3.63, 3.8) is 0 Å². The number of nitrogens with two attached hydrogens (primary N) is 2. The molecule has 0 aromatic heterocycles. The molecule has 0 saturated heterocycles. The lowest BCUT2D eigenvalue weighted by Crippen LogP contribution is -2.43. The van der Waals surface area contributed by atoms with Crippen LogP contribution in [0, 0.1) is 0 Å². The summed E-state index contributed by atoms with van der Waals surface area (Å²) < 4.78 is 10.1. The molecule has 0 saturated carbocycles. The Morgan fingerprint density at radius 2 is 0.833 bits per heavy atom. The average Bonchev–Trinajstić information content (AvgIpc) is 2.61. The van der Waals surface area contributed by atoms with Crippen LogP contribution in [0.2, 0.25) is 0 Å². The minimum Gasteiger partial charge on any atom is -0.480 e. The summed E-state index contributed by atoms with van der Waals surface area (Å²) in [7, 11) is 0. The van der Waals surface area contributed by atoms with E-state index in [1.165, 1.54) is 0 Å². The molecule has 0 spiro atoms. The van der Waals surface area contributed by atoms with Crippen LogP contribution in [0.15, 0.2) is 0 Å². The Morgan fingerprint density at radius 1 is 0.567 bits per heavy atom. The molecular formula is C16H32N4O10. The van der Waals surface area contributed by atoms with Gasteiger partial charge in [-0.2, -0.15) is 0 Å². The van der Waals surface area contributed by atoms with E-state index in [1.807, 2.05) is 0 Å². The van der Waals surface area contributed by atoms with Crippen molar-refractivity contribution in [1.82, 2.24) is 9.80 Å². The van der Waals surface area contributed by atoms with Crippen LogP contribution >= 0.6 is 0 Å². The van der Waals surface area contributed by atoms with Crippen LogP contribution in [-0.4, -0.2) is 133 Å². The van der Waals surface area contributed by atoms with Crippen molar-refractivity contribution in [2.75, 3.05) is 78.8 Å². The molecule has 30 heavy (non-hydrogen) atoms. The highest BCUT2D eigenvalue weighted by molar-refractivity contribution is 5.73. The first-order valence-electron chi connectivity index (χ1n) is 8.99. The van der Waals surface area contributed by atoms with Gasteiger partial charge in [-0.25, -0.2) is 0 Å². The molecule has 8 N–H and O–H groups in total. The number of hydrogen-bond donors (Lipinski definition) is 6. The molecule has 0 aliphatic rings. The predicted molar refractivity (Wildman–Crippen MR) is 103 cm³/mol. The van der Waals surface area contributed by atoms with Gasteiger partial charge in [-0.3, -0.25) is 29.0 Å². The number of carboxylic acids is 4. The van der Waals surface area contributed by atoms with Crippen molar-refractivity contribution in [1.29, 1.82) is 0 Å². The Hall–Kier alpha value is -2.36. The van der Waals surface area contributed by atoms with Crippen molar-refractivity contribution in [3.8, 4) is 0 Å². The summed E-state index contributed by atoms with van der Waals surface area (Å²) in [5.41, 5.74) is 10.4. The molecule has 0 atom stereocenters. The molecule has 14 nitrogen and oxygen atoms in total. The summed E-state index contributed by atoms with van der Waals surface area (Å²) in [5.74, 6) is -4.91. The first-order chi connectivity index (χ1) is 14.1. The van der Waals surface area contributed by atoms with E-state index in [0.717, 1.165) is 9.80 Å². The Morgan fingerprint density at radius 3 is 1.03 bits per heavy atom. The van der Waals surface area contributed by atoms with Crippen molar-refractivity contribution in [2.24, 2.45) is 11.5 Å². The number of nitrogens with zero attached hydrogens (tertiary/aromatic N) is 2. The van der Waals surface area contributed by atoms with Crippen molar-refractivity contribution in [2.45, 2.75) is 0 Å². The second-order valence-corrected chi connectivity index (χ2v) is 5.80. The van der Waals surface area contributed by atoms with Gasteiger partial charge in [0.2, 0.25) is 0 Å². The standard InChI is InChI=1S/C10H16N2O8.C6H16N2O2/c13-7(14)3-11(4-8(15)16)1-2-12(5-9(17)18)6-10(19)20;7-1-3-9-5-6-10-4-2-8/h1-6H2,(H,13,14)(H,15,16)(H,17,18)(H,19,20);1-8H2. The minimum atomic E-state index is -1.23. The largest absolute Gasteiger partial charge is 0.480 e. The first kappa shape index (κ1) is 29.8. The van der Waals surface area contributed by atoms with Gasteiger partial charge in [0.25, 0.3) is 0 Å². The number of hydrogen-bond acceptors (Lipinski definition) is 10. The Kier molecular flexibility index (Phi) is 19.8. The van der Waals surface area contributed by atoms with Gasteiger partial charge in [-0.15, -0.1) is 0 Å². The smallest absolute Gasteiger partial charge is 0.317 e. The molecular weight excluding hydrogens is 408 g/mol. The molecule has 0 unspecified atom stereocenters. The molecule has 0 heterocycles. The Bertz CT molecular complexity index is 430. The maximum Gasteiger partial charge on any atom is 0.317 e. The van der Waals surface area contributed by atoms with Crippen molar-refractivity contribution >= 4 is 23.9 Å². The van der Waals surface area contributed by atoms with Gasteiger partial charge in [-0.05, 0) is 0 Å². The molecule has 0 aromatic carbocycles. The van der Waals surface area contributed by atoms with Gasteiger partial charge in [-0.1, -0.05) is 0 Å². The van der Waals surface area contributed by atoms with Crippen LogP contribution in [0.3, 0.4) is 0 Å². The van der Waals surface area contributed by atoms with Gasteiger partial charge in [0.1, 0.15) is 0 Å². The molecule has 14 heteroatoms. The van der Waals surface area contributed by atoms with Crippen molar-refractivity contribution < 1.29 is 49.1 Å². The summed E-state index contributed by atoms with van der Waals surface area (Å²) >= 11 is 0. The lowest BCUT2D eigenvalue weighted by atomic mass is 10.4. The Labute approximate surface area is 173 Å². The van der Waals surface area contributed by atoms with E-state index in [1.54, 1.807) is 0 Å². The van der Waals surface area contributed by atoms with E-state index in [0.29, 0.717) is 39.5 Å². The summed E-state index contributed by atoms with van der Waals surface area (Å²) in [5, 5.41) is 34.5. The fraction of sp³-hybridized carbons (Fsp3) is 0.750. The second kappa shape index (κ2) is 19.9. The minimum absolute atomic E-state index is 0.0703. The number of aliphatic carboxylic acids is 4. The highest BCUT2D eigenvalue weighted by Gasteiger charge is 2.17. The SMILES string of the molecule is NCCOCCOCCN.O=C(O)CN(CCN(CC(=O)O)CC(=O)O)CC(=O)O. The molecule has 0 bridgehead atoms. The maximum absolute atomic E-state index is 10.6. The van der Waals surface area contributed by atoms with Gasteiger partial charge in [0.15, 0.2) is 0 Å². The molecule has 176 valence electrons. The topological polar surface area (TPSA) is 226 Å². The van der Waals surface area contributed by atoms with E-state index in [9.17, 15) is 19.2 Å². The Balaban J connectivity index is 0. The van der Waals surface area contributed by atoms with E-state index in [2.05, 4.69) is 0 Å². The lowest BCUT2D eigenvalue weighted by Gasteiger charge is -2.23. The van der Waals surface area contributed by atoms with Crippen LogP contribution in [0.25, 0.3) is 0 Å². The van der Waals surface area contributed by atoms with Crippen LogP contribution in [0.1, 0.15) is 0 Å².